The van der Waals surface area contributed by atoms with E-state index in [4.69, 9.17) is 4.98 Å². The Hall–Kier alpha value is -3.52. The number of rotatable bonds is 3. The Morgan fingerprint density at radius 1 is 0.625 bits per heavy atom. The van der Waals surface area contributed by atoms with Crippen molar-refractivity contribution in [3.05, 3.63) is 115 Å². The van der Waals surface area contributed by atoms with E-state index in [-0.39, 0.29) is 20.8 Å². The van der Waals surface area contributed by atoms with E-state index in [0.29, 0.717) is 5.39 Å². The van der Waals surface area contributed by atoms with Crippen molar-refractivity contribution in [1.29, 1.82) is 0 Å². The van der Waals surface area contributed by atoms with Crippen molar-refractivity contribution in [2.45, 2.75) is 0 Å². The normalized spacial score (nSPS) is 11.4. The van der Waals surface area contributed by atoms with Gasteiger partial charge in [-0.1, -0.05) is 0 Å². The van der Waals surface area contributed by atoms with Crippen molar-refractivity contribution < 1.29 is 4.39 Å². The molecule has 0 fully saturated rings. The van der Waals surface area contributed by atoms with E-state index in [1.165, 1.54) is 15.2 Å². The van der Waals surface area contributed by atoms with Gasteiger partial charge in [-0.05, 0) is 0 Å². The molecule has 0 N–H and O–H groups in total. The molecule has 32 heavy (non-hydrogen) atoms. The molecule has 0 aliphatic rings. The van der Waals surface area contributed by atoms with E-state index in [9.17, 15) is 0 Å². The minimum atomic E-state index is -0.178. The van der Waals surface area contributed by atoms with Crippen molar-refractivity contribution in [3.63, 3.8) is 0 Å². The summed E-state index contributed by atoms with van der Waals surface area (Å²) in [6, 6.07) is 34.5. The van der Waals surface area contributed by atoms with Gasteiger partial charge in [0.15, 0.2) is 0 Å². The first kappa shape index (κ1) is 19.2. The molecular formula is C29H18FNSe. The molecule has 1 heterocycles. The second kappa shape index (κ2) is 7.87. The predicted molar refractivity (Wildman–Crippen MR) is 134 cm³/mol. The van der Waals surface area contributed by atoms with Crippen LogP contribution in [0.25, 0.3) is 43.6 Å². The van der Waals surface area contributed by atoms with Gasteiger partial charge in [-0.2, -0.15) is 0 Å². The number of fused-ring (bicyclic) bond motifs is 4. The molecule has 152 valence electrons. The zero-order valence-electron chi connectivity index (χ0n) is 17.1. The first-order valence-electron chi connectivity index (χ1n) is 10.5. The van der Waals surface area contributed by atoms with Gasteiger partial charge in [0.05, 0.1) is 0 Å². The molecule has 0 radical (unpaired) electrons. The molecule has 0 unspecified atom stereocenters. The number of hydrogen-bond donors (Lipinski definition) is 0. The summed E-state index contributed by atoms with van der Waals surface area (Å²) < 4.78 is 17.4. The average molecular weight is 478 g/mol. The van der Waals surface area contributed by atoms with E-state index in [1.807, 2.05) is 48.7 Å². The summed E-state index contributed by atoms with van der Waals surface area (Å²) in [4.78, 5) is 4.90. The molecule has 0 amide bonds. The van der Waals surface area contributed by atoms with E-state index in [0.717, 1.165) is 31.9 Å². The second-order valence-electron chi connectivity index (χ2n) is 7.74. The molecule has 0 aliphatic carbocycles. The Kier molecular flexibility index (Phi) is 4.72. The molecule has 0 atom stereocenters. The molecule has 3 heteroatoms. The average Bonchev–Trinajstić information content (AvgIpc) is 2.85. The molecule has 6 rings (SSSR count). The molecule has 5 aromatic carbocycles. The Bertz CT molecular complexity index is 1610. The molecular weight excluding hydrogens is 460 g/mol. The summed E-state index contributed by atoms with van der Waals surface area (Å²) >= 11 is -0.0596. The van der Waals surface area contributed by atoms with Gasteiger partial charge in [-0.15, -0.1) is 0 Å². The van der Waals surface area contributed by atoms with Crippen molar-refractivity contribution >= 4 is 56.2 Å². The van der Waals surface area contributed by atoms with Gasteiger partial charge in [0.1, 0.15) is 0 Å². The monoisotopic (exact) mass is 479 g/mol. The zero-order chi connectivity index (χ0) is 21.5. The van der Waals surface area contributed by atoms with Crippen LogP contribution in [0.2, 0.25) is 0 Å². The maximum absolute atomic E-state index is 15.2. The summed E-state index contributed by atoms with van der Waals surface area (Å²) in [5.74, 6) is -0.178. The van der Waals surface area contributed by atoms with E-state index in [2.05, 4.69) is 54.6 Å². The molecule has 0 saturated heterocycles. The third kappa shape index (κ3) is 3.18. The van der Waals surface area contributed by atoms with Crippen molar-refractivity contribution in [2.75, 3.05) is 0 Å². The fourth-order valence-corrected chi connectivity index (χ4v) is 6.52. The Morgan fingerprint density at radius 3 is 2.16 bits per heavy atom. The van der Waals surface area contributed by atoms with Gasteiger partial charge < -0.3 is 0 Å². The number of halogens is 1. The van der Waals surface area contributed by atoms with Crippen LogP contribution in [0.3, 0.4) is 0 Å². The molecule has 0 saturated carbocycles. The Balaban J connectivity index is 1.75. The van der Waals surface area contributed by atoms with Gasteiger partial charge in [-0.3, -0.25) is 0 Å². The van der Waals surface area contributed by atoms with E-state index < -0.39 is 0 Å². The van der Waals surface area contributed by atoms with Crippen molar-refractivity contribution in [1.82, 2.24) is 4.98 Å². The number of aromatic nitrogens is 1. The van der Waals surface area contributed by atoms with Crippen molar-refractivity contribution in [2.24, 2.45) is 0 Å². The van der Waals surface area contributed by atoms with Crippen LogP contribution in [0.1, 0.15) is 0 Å². The molecule has 0 spiro atoms. The van der Waals surface area contributed by atoms with E-state index >= 15 is 4.39 Å². The molecule has 1 nitrogen and oxygen atoms in total. The van der Waals surface area contributed by atoms with E-state index in [1.54, 1.807) is 6.07 Å². The zero-order valence-corrected chi connectivity index (χ0v) is 18.8. The number of benzene rings is 5. The summed E-state index contributed by atoms with van der Waals surface area (Å²) in [6.07, 6.45) is 1.86. The SMILES string of the molecule is Fc1cc([Se]c2ccccc2)c(-c2nccc3ccc4ccccc4c23)c2ccccc12. The Labute approximate surface area is 191 Å². The van der Waals surface area contributed by atoms with Crippen LogP contribution in [-0.2, 0) is 0 Å². The fourth-order valence-electron chi connectivity index (χ4n) is 4.39. The van der Waals surface area contributed by atoms with Crippen molar-refractivity contribution in [3.8, 4) is 11.3 Å². The van der Waals surface area contributed by atoms with Crippen LogP contribution < -0.4 is 8.92 Å². The third-order valence-electron chi connectivity index (χ3n) is 5.82. The number of nitrogens with zero attached hydrogens (tertiary/aromatic N) is 1. The quantitative estimate of drug-likeness (QED) is 0.225. The topological polar surface area (TPSA) is 12.9 Å². The Morgan fingerprint density at radius 2 is 1.31 bits per heavy atom. The van der Waals surface area contributed by atoms with Gasteiger partial charge in [0, 0.05) is 0 Å². The van der Waals surface area contributed by atoms with Crippen LogP contribution in [0.4, 0.5) is 4.39 Å². The van der Waals surface area contributed by atoms with Gasteiger partial charge in [-0.25, -0.2) is 0 Å². The molecule has 0 bridgehead atoms. The maximum atomic E-state index is 15.2. The van der Waals surface area contributed by atoms with Gasteiger partial charge in [0.25, 0.3) is 0 Å². The van der Waals surface area contributed by atoms with Gasteiger partial charge >= 0.3 is 192 Å². The molecule has 1 aromatic heterocycles. The predicted octanol–water partition coefficient (Wildman–Crippen LogP) is 6.00. The minimum absolute atomic E-state index is 0.0596. The first-order chi connectivity index (χ1) is 15.8. The molecule has 6 aromatic rings. The first-order valence-corrected chi connectivity index (χ1v) is 12.2. The molecule has 0 aliphatic heterocycles. The van der Waals surface area contributed by atoms with Gasteiger partial charge in [0.2, 0.25) is 0 Å². The van der Waals surface area contributed by atoms with Crippen LogP contribution in [0, 0.1) is 5.82 Å². The number of hydrogen-bond acceptors (Lipinski definition) is 1. The second-order valence-corrected chi connectivity index (χ2v) is 10.1. The summed E-state index contributed by atoms with van der Waals surface area (Å²) in [5.41, 5.74) is 1.95. The standard InChI is InChI=1S/C29H18FNSe/c30-25-18-26(32-21-9-2-1-3-10-21)28(24-13-7-6-12-23(24)25)29-27-20(16-17-31-29)15-14-19-8-4-5-11-22(19)27/h1-18H. The third-order valence-corrected chi connectivity index (χ3v) is 8.02. The summed E-state index contributed by atoms with van der Waals surface area (Å²) in [7, 11) is 0. The van der Waals surface area contributed by atoms with Crippen LogP contribution >= 0.6 is 0 Å². The fraction of sp³-hybridized carbons (Fsp3) is 0. The van der Waals surface area contributed by atoms with Crippen LogP contribution in [0.15, 0.2) is 109 Å². The van der Waals surface area contributed by atoms with Crippen LogP contribution in [0.5, 0.6) is 0 Å². The summed E-state index contributed by atoms with van der Waals surface area (Å²) in [6.45, 7) is 0. The van der Waals surface area contributed by atoms with Crippen LogP contribution in [-0.4, -0.2) is 19.9 Å². The number of pyridine rings is 1. The summed E-state index contributed by atoms with van der Waals surface area (Å²) in [5, 5.41) is 6.14.